The number of hydrogen-bond acceptors (Lipinski definition) is 5. The first-order valence-electron chi connectivity index (χ1n) is 10.5. The predicted molar refractivity (Wildman–Crippen MR) is 100 cm³/mol. The van der Waals surface area contributed by atoms with Crippen molar-refractivity contribution in [2.75, 3.05) is 26.8 Å². The molecule has 5 nitrogen and oxygen atoms in total. The third kappa shape index (κ3) is 1.91. The lowest BCUT2D eigenvalue weighted by atomic mass is 9.50. The van der Waals surface area contributed by atoms with Gasteiger partial charge in [-0.1, -0.05) is 6.07 Å². The fraction of sp³-hybridized carbons (Fsp3) is 0.727. The highest BCUT2D eigenvalue weighted by Crippen LogP contribution is 2.70. The number of ether oxygens (including phenoxy) is 2. The SMILES string of the molecule is COc1ccc2c(c1O)[C@]13CCN(CC4CC4)[C@H](C2)[C@]12CC[C@@](CO)(C3)O2. The van der Waals surface area contributed by atoms with Crippen LogP contribution in [0.4, 0.5) is 0 Å². The van der Waals surface area contributed by atoms with Gasteiger partial charge in [-0.15, -0.1) is 0 Å². The number of aromatic hydroxyl groups is 1. The summed E-state index contributed by atoms with van der Waals surface area (Å²) >= 11 is 0. The third-order valence-corrected chi connectivity index (χ3v) is 8.41. The molecular weight excluding hydrogens is 342 g/mol. The zero-order chi connectivity index (χ0) is 18.4. The molecule has 2 N–H and O–H groups in total. The second kappa shape index (κ2) is 5.19. The number of phenolic OH excluding ortho intramolecular Hbond substituents is 1. The molecule has 4 fully saturated rings. The van der Waals surface area contributed by atoms with E-state index in [0.717, 1.165) is 50.1 Å². The summed E-state index contributed by atoms with van der Waals surface area (Å²) in [5, 5.41) is 21.4. The molecule has 3 aliphatic heterocycles. The molecule has 4 bridgehead atoms. The Morgan fingerprint density at radius 1 is 1.26 bits per heavy atom. The van der Waals surface area contributed by atoms with Crippen molar-refractivity contribution in [2.24, 2.45) is 5.92 Å². The monoisotopic (exact) mass is 371 g/mol. The molecule has 4 atom stereocenters. The Morgan fingerprint density at radius 3 is 2.85 bits per heavy atom. The number of piperidine rings is 1. The number of benzene rings is 1. The van der Waals surface area contributed by atoms with E-state index < -0.39 is 5.60 Å². The lowest BCUT2D eigenvalue weighted by Gasteiger charge is -2.60. The Balaban J connectivity index is 1.55. The molecule has 1 spiro atoms. The zero-order valence-electron chi connectivity index (χ0n) is 16.0. The number of methoxy groups -OCH3 is 1. The molecule has 146 valence electrons. The minimum absolute atomic E-state index is 0.0753. The lowest BCUT2D eigenvalue weighted by Crippen LogP contribution is -2.69. The Bertz CT molecular complexity index is 808. The third-order valence-electron chi connectivity index (χ3n) is 8.41. The molecule has 6 rings (SSSR count). The summed E-state index contributed by atoms with van der Waals surface area (Å²) in [5.74, 6) is 1.70. The fourth-order valence-corrected chi connectivity index (χ4v) is 7.13. The van der Waals surface area contributed by atoms with E-state index in [9.17, 15) is 10.2 Å². The maximum Gasteiger partial charge on any atom is 0.161 e. The Labute approximate surface area is 160 Å². The molecule has 5 aliphatic rings. The minimum Gasteiger partial charge on any atom is -0.504 e. The van der Waals surface area contributed by atoms with Crippen LogP contribution in [0, 0.1) is 5.92 Å². The number of aliphatic hydroxyl groups is 1. The van der Waals surface area contributed by atoms with Crippen LogP contribution < -0.4 is 4.74 Å². The molecule has 0 radical (unpaired) electrons. The number of fused-ring (bicyclic) bond motifs is 2. The molecule has 0 aromatic heterocycles. The molecule has 3 heterocycles. The van der Waals surface area contributed by atoms with Gasteiger partial charge in [-0.2, -0.15) is 0 Å². The van der Waals surface area contributed by atoms with Crippen molar-refractivity contribution in [1.29, 1.82) is 0 Å². The normalized spacial score (nSPS) is 42.1. The Morgan fingerprint density at radius 2 is 2.11 bits per heavy atom. The van der Waals surface area contributed by atoms with Gasteiger partial charge in [0.1, 0.15) is 0 Å². The van der Waals surface area contributed by atoms with Gasteiger partial charge in [0.2, 0.25) is 0 Å². The van der Waals surface area contributed by atoms with Crippen molar-refractivity contribution in [2.45, 2.75) is 67.6 Å². The standard InChI is InChI=1S/C22H29NO4/c1-26-16-5-4-15-10-17-22-7-6-20(13-24,27-22)12-21(22,18(15)19(16)25)8-9-23(17)11-14-2-3-14/h4-5,14,17,24-25H,2-3,6-13H2,1H3/t17-,20+,21-,22-/m1/s1. The quantitative estimate of drug-likeness (QED) is 0.851. The van der Waals surface area contributed by atoms with E-state index in [1.165, 1.54) is 24.9 Å². The number of likely N-dealkylation sites (tertiary alicyclic amines) is 1. The van der Waals surface area contributed by atoms with E-state index in [2.05, 4.69) is 11.0 Å². The van der Waals surface area contributed by atoms with Gasteiger partial charge >= 0.3 is 0 Å². The topological polar surface area (TPSA) is 62.2 Å². The van der Waals surface area contributed by atoms with Crippen molar-refractivity contribution in [1.82, 2.24) is 4.90 Å². The molecule has 1 aromatic carbocycles. The van der Waals surface area contributed by atoms with Gasteiger partial charge in [0.25, 0.3) is 0 Å². The molecule has 0 amide bonds. The van der Waals surface area contributed by atoms with E-state index in [1.54, 1.807) is 7.11 Å². The average Bonchev–Trinajstić information content (AvgIpc) is 3.33. The summed E-state index contributed by atoms with van der Waals surface area (Å²) in [6.07, 6.45) is 7.36. The van der Waals surface area contributed by atoms with Gasteiger partial charge in [0.15, 0.2) is 11.5 Å². The van der Waals surface area contributed by atoms with Gasteiger partial charge in [-0.25, -0.2) is 0 Å². The van der Waals surface area contributed by atoms with E-state index in [1.807, 2.05) is 6.07 Å². The van der Waals surface area contributed by atoms with Crippen molar-refractivity contribution >= 4 is 0 Å². The smallest absolute Gasteiger partial charge is 0.161 e. The van der Waals surface area contributed by atoms with Crippen LogP contribution in [0.5, 0.6) is 11.5 Å². The summed E-state index contributed by atoms with van der Waals surface area (Å²) in [5.41, 5.74) is 1.38. The summed E-state index contributed by atoms with van der Waals surface area (Å²) in [4.78, 5) is 2.68. The average molecular weight is 371 g/mol. The predicted octanol–water partition coefficient (Wildman–Crippen LogP) is 2.36. The Kier molecular flexibility index (Phi) is 3.20. The molecule has 2 aliphatic carbocycles. The first kappa shape index (κ1) is 16.6. The van der Waals surface area contributed by atoms with Crippen LogP contribution in [0.3, 0.4) is 0 Å². The van der Waals surface area contributed by atoms with Gasteiger partial charge in [0.05, 0.1) is 24.9 Å². The van der Waals surface area contributed by atoms with E-state index in [0.29, 0.717) is 17.5 Å². The van der Waals surface area contributed by atoms with E-state index in [-0.39, 0.29) is 17.6 Å². The van der Waals surface area contributed by atoms with Crippen LogP contribution in [0.15, 0.2) is 12.1 Å². The van der Waals surface area contributed by atoms with Crippen LogP contribution in [0.2, 0.25) is 0 Å². The minimum atomic E-state index is -0.440. The maximum atomic E-state index is 11.1. The van der Waals surface area contributed by atoms with Gasteiger partial charge in [-0.05, 0) is 69.0 Å². The van der Waals surface area contributed by atoms with Gasteiger partial charge in [-0.3, -0.25) is 4.90 Å². The number of rotatable bonds is 4. The summed E-state index contributed by atoms with van der Waals surface area (Å²) in [6, 6.07) is 4.40. The highest BCUT2D eigenvalue weighted by molar-refractivity contribution is 5.59. The molecule has 5 heteroatoms. The molecule has 1 aromatic rings. The summed E-state index contributed by atoms with van der Waals surface area (Å²) < 4.78 is 12.3. The second-order valence-corrected chi connectivity index (χ2v) is 9.65. The Hall–Kier alpha value is -1.30. The van der Waals surface area contributed by atoms with Crippen LogP contribution >= 0.6 is 0 Å². The highest BCUT2D eigenvalue weighted by Gasteiger charge is 2.76. The summed E-state index contributed by atoms with van der Waals surface area (Å²) in [6.45, 7) is 2.31. The van der Waals surface area contributed by atoms with E-state index >= 15 is 0 Å². The van der Waals surface area contributed by atoms with Crippen LogP contribution in [0.1, 0.15) is 49.7 Å². The first-order chi connectivity index (χ1) is 13.1. The zero-order valence-corrected chi connectivity index (χ0v) is 16.0. The molecular formula is C22H29NO4. The van der Waals surface area contributed by atoms with Gasteiger partial charge < -0.3 is 19.7 Å². The number of hydrogen-bond donors (Lipinski definition) is 2. The van der Waals surface area contributed by atoms with Crippen molar-refractivity contribution in [3.05, 3.63) is 23.3 Å². The number of nitrogens with zero attached hydrogens (tertiary/aromatic N) is 1. The molecule has 27 heavy (non-hydrogen) atoms. The van der Waals surface area contributed by atoms with Crippen LogP contribution in [-0.2, 0) is 16.6 Å². The molecule has 1 saturated carbocycles. The first-order valence-corrected chi connectivity index (χ1v) is 10.5. The van der Waals surface area contributed by atoms with Crippen LogP contribution in [0.25, 0.3) is 0 Å². The van der Waals surface area contributed by atoms with Crippen molar-refractivity contribution in [3.8, 4) is 11.5 Å². The van der Waals surface area contributed by atoms with Gasteiger partial charge in [0, 0.05) is 23.6 Å². The van der Waals surface area contributed by atoms with Crippen molar-refractivity contribution in [3.63, 3.8) is 0 Å². The number of phenols is 1. The second-order valence-electron chi connectivity index (χ2n) is 9.65. The molecule has 0 unspecified atom stereocenters. The summed E-state index contributed by atoms with van der Waals surface area (Å²) in [7, 11) is 1.62. The fourth-order valence-electron chi connectivity index (χ4n) is 7.13. The van der Waals surface area contributed by atoms with Crippen molar-refractivity contribution < 1.29 is 19.7 Å². The largest absolute Gasteiger partial charge is 0.504 e. The van der Waals surface area contributed by atoms with Crippen LogP contribution in [-0.4, -0.2) is 59.2 Å². The molecule has 3 saturated heterocycles. The highest BCUT2D eigenvalue weighted by atomic mass is 16.6. The van der Waals surface area contributed by atoms with E-state index in [4.69, 9.17) is 9.47 Å². The number of aliphatic hydroxyl groups excluding tert-OH is 1. The maximum absolute atomic E-state index is 11.1. The lowest BCUT2D eigenvalue weighted by molar-refractivity contribution is -0.147.